The van der Waals surface area contributed by atoms with Crippen LogP contribution in [0.3, 0.4) is 0 Å². The number of carboxylic acids is 3. The topological polar surface area (TPSA) is 353 Å². The Hall–Kier alpha value is -5.83. The quantitative estimate of drug-likeness (QED) is 0.0529. The number of rotatable bonds is 23. The number of phenolic OH excluding ortho intramolecular Hbond substituents is 1. The summed E-state index contributed by atoms with van der Waals surface area (Å²) in [4.78, 5) is 113. The second kappa shape index (κ2) is 22.4. The van der Waals surface area contributed by atoms with Gasteiger partial charge in [0.2, 0.25) is 35.4 Å². The van der Waals surface area contributed by atoms with E-state index in [1.54, 1.807) is 13.8 Å². The van der Waals surface area contributed by atoms with E-state index in [4.69, 9.17) is 15.9 Å². The molecule has 0 saturated heterocycles. The van der Waals surface area contributed by atoms with Gasteiger partial charge in [-0.05, 0) is 50.8 Å². The lowest BCUT2D eigenvalue weighted by molar-refractivity contribution is -0.142. The highest BCUT2D eigenvalue weighted by atomic mass is 16.4. The molecule has 6 amide bonds. The third-order valence-corrected chi connectivity index (χ3v) is 8.36. The number of nitrogens with one attached hydrogen (secondary N) is 6. The molecule has 1 aromatic rings. The average Bonchev–Trinajstić information content (AvgIpc) is 3.10. The lowest BCUT2D eigenvalue weighted by Gasteiger charge is -2.28. The number of amides is 6. The van der Waals surface area contributed by atoms with Crippen molar-refractivity contribution in [2.24, 2.45) is 11.7 Å². The third kappa shape index (κ3) is 16.4. The Balaban J connectivity index is 3.29. The van der Waals surface area contributed by atoms with Gasteiger partial charge in [-0.2, -0.15) is 0 Å². The second-order valence-corrected chi connectivity index (χ2v) is 13.0. The summed E-state index contributed by atoms with van der Waals surface area (Å²) in [6.07, 6.45) is -3.26. The van der Waals surface area contributed by atoms with Crippen molar-refractivity contribution in [3.8, 4) is 5.75 Å². The number of nitrogens with two attached hydrogens (primary N) is 1. The van der Waals surface area contributed by atoms with Gasteiger partial charge in [0.05, 0.1) is 18.6 Å². The molecule has 0 unspecified atom stereocenters. The first kappa shape index (κ1) is 47.2. The summed E-state index contributed by atoms with van der Waals surface area (Å²) in [6, 6.07) is -4.79. The molecule has 0 fully saturated rings. The molecule has 0 aliphatic heterocycles. The highest BCUT2D eigenvalue weighted by Gasteiger charge is 2.35. The van der Waals surface area contributed by atoms with E-state index < -0.39 is 127 Å². The predicted molar refractivity (Wildman–Crippen MR) is 191 cm³/mol. The molecule has 306 valence electrons. The molecule has 0 spiro atoms. The lowest BCUT2D eigenvalue weighted by atomic mass is 9.96. The van der Waals surface area contributed by atoms with Gasteiger partial charge >= 0.3 is 17.9 Å². The van der Waals surface area contributed by atoms with Crippen molar-refractivity contribution in [2.45, 2.75) is 115 Å². The van der Waals surface area contributed by atoms with Gasteiger partial charge < -0.3 is 63.2 Å². The van der Waals surface area contributed by atoms with Crippen LogP contribution in [-0.2, 0) is 49.6 Å². The highest BCUT2D eigenvalue weighted by molar-refractivity contribution is 5.97. The number of aliphatic hydroxyl groups excluding tert-OH is 1. The van der Waals surface area contributed by atoms with E-state index in [1.165, 1.54) is 31.2 Å². The molecule has 55 heavy (non-hydrogen) atoms. The predicted octanol–water partition coefficient (Wildman–Crippen LogP) is -2.94. The Bertz CT molecular complexity index is 1550. The molecule has 9 atom stereocenters. The monoisotopic (exact) mass is 781 g/mol. The number of aliphatic hydroxyl groups is 1. The Morgan fingerprint density at radius 1 is 0.636 bits per heavy atom. The second-order valence-electron chi connectivity index (χ2n) is 13.0. The summed E-state index contributed by atoms with van der Waals surface area (Å²) in [6.45, 7) is 6.82. The van der Waals surface area contributed by atoms with Crippen molar-refractivity contribution >= 4 is 53.4 Å². The van der Waals surface area contributed by atoms with Crippen molar-refractivity contribution in [1.29, 1.82) is 0 Å². The standard InChI is InChI=1S/C34H51N7O14/c1-6-15(2)26(40-29(49)21(35)14-25(46)47)32(52)39-23(13-19-7-9-20(43)10-8-19)31(51)36-16(3)28(48)38-22(11-12-24(44)45)30(50)41-27(18(5)42)33(53)37-17(4)34(54)55/h7-10,15-18,21-23,26-27,42-43H,6,11-14,35H2,1-5H3,(H,36,51)(H,37,53)(H,38,48)(H,39,52)(H,40,49)(H,41,50)(H,44,45)(H,46,47)(H,54,55)/t15-,16-,17-,18+,21-,22-,23-,26-,27-/m0/s1. The van der Waals surface area contributed by atoms with Crippen LogP contribution >= 0.6 is 0 Å². The van der Waals surface area contributed by atoms with E-state index in [1.807, 2.05) is 0 Å². The minimum absolute atomic E-state index is 0.0898. The number of aliphatic carboxylic acids is 3. The number of carbonyl (C=O) groups excluding carboxylic acids is 6. The summed E-state index contributed by atoms with van der Waals surface area (Å²) in [5.41, 5.74) is 6.12. The van der Waals surface area contributed by atoms with Crippen molar-refractivity contribution in [3.63, 3.8) is 0 Å². The highest BCUT2D eigenvalue weighted by Crippen LogP contribution is 2.14. The smallest absolute Gasteiger partial charge is 0.325 e. The Labute approximate surface area is 316 Å². The number of carbonyl (C=O) groups is 9. The van der Waals surface area contributed by atoms with E-state index in [2.05, 4.69) is 31.9 Å². The molecule has 0 radical (unpaired) electrons. The van der Waals surface area contributed by atoms with Crippen molar-refractivity contribution in [1.82, 2.24) is 31.9 Å². The molecule has 1 rings (SSSR count). The van der Waals surface area contributed by atoms with Gasteiger partial charge in [0, 0.05) is 12.8 Å². The molecule has 0 saturated carbocycles. The molecule has 21 nitrogen and oxygen atoms in total. The number of benzene rings is 1. The maximum Gasteiger partial charge on any atom is 0.325 e. The summed E-state index contributed by atoms with van der Waals surface area (Å²) in [7, 11) is 0. The lowest BCUT2D eigenvalue weighted by Crippen LogP contribution is -2.61. The Kier molecular flexibility index (Phi) is 19.2. The van der Waals surface area contributed by atoms with E-state index >= 15 is 0 Å². The van der Waals surface area contributed by atoms with Gasteiger partial charge in [-0.15, -0.1) is 0 Å². The molecule has 0 heterocycles. The summed E-state index contributed by atoms with van der Waals surface area (Å²) in [5.74, 6) is -10.6. The molecular formula is C34H51N7O14. The molecule has 13 N–H and O–H groups in total. The zero-order chi connectivity index (χ0) is 42.2. The SMILES string of the molecule is CC[C@H](C)[C@H](NC(=O)[C@@H](N)CC(=O)O)C(=O)N[C@@H](Cc1ccc(O)cc1)C(=O)N[C@@H](C)C(=O)N[C@@H](CCC(=O)O)C(=O)N[C@H](C(=O)N[C@@H](C)C(=O)O)[C@@H](C)O. The molecule has 0 aliphatic carbocycles. The summed E-state index contributed by atoms with van der Waals surface area (Å²) in [5, 5.41) is 61.1. The summed E-state index contributed by atoms with van der Waals surface area (Å²) < 4.78 is 0. The zero-order valence-corrected chi connectivity index (χ0v) is 31.0. The van der Waals surface area contributed by atoms with Crippen molar-refractivity contribution in [2.75, 3.05) is 0 Å². The van der Waals surface area contributed by atoms with E-state index in [0.717, 1.165) is 13.8 Å². The molecule has 21 heteroatoms. The maximum atomic E-state index is 13.6. The Morgan fingerprint density at radius 3 is 1.65 bits per heavy atom. The number of hydrogen-bond donors (Lipinski definition) is 12. The molecule has 0 aromatic heterocycles. The van der Waals surface area contributed by atoms with E-state index in [-0.39, 0.29) is 12.2 Å². The van der Waals surface area contributed by atoms with Gasteiger partial charge in [-0.25, -0.2) is 0 Å². The third-order valence-electron chi connectivity index (χ3n) is 8.36. The number of aromatic hydroxyl groups is 1. The normalized spacial score (nSPS) is 15.8. The maximum absolute atomic E-state index is 13.6. The van der Waals surface area contributed by atoms with Crippen LogP contribution in [0.4, 0.5) is 0 Å². The fraction of sp³-hybridized carbons (Fsp3) is 0.559. The van der Waals surface area contributed by atoms with Gasteiger partial charge in [-0.3, -0.25) is 43.2 Å². The number of phenols is 1. The van der Waals surface area contributed by atoms with Gasteiger partial charge in [0.15, 0.2) is 0 Å². The first-order valence-electron chi connectivity index (χ1n) is 17.3. The fourth-order valence-corrected chi connectivity index (χ4v) is 4.82. The van der Waals surface area contributed by atoms with Crippen LogP contribution in [-0.4, -0.2) is 127 Å². The number of carboxylic acid groups (broad SMARTS) is 3. The first-order valence-corrected chi connectivity index (χ1v) is 17.3. The van der Waals surface area contributed by atoms with Crippen LogP contribution in [0.15, 0.2) is 24.3 Å². The zero-order valence-electron chi connectivity index (χ0n) is 31.0. The summed E-state index contributed by atoms with van der Waals surface area (Å²) >= 11 is 0. The molecule has 0 bridgehead atoms. The minimum atomic E-state index is -1.71. The molecule has 0 aliphatic rings. The number of hydrogen-bond acceptors (Lipinski definition) is 12. The van der Waals surface area contributed by atoms with Gasteiger partial charge in [0.25, 0.3) is 0 Å². The fourth-order valence-electron chi connectivity index (χ4n) is 4.82. The van der Waals surface area contributed by atoms with Crippen molar-refractivity contribution < 1.29 is 68.7 Å². The van der Waals surface area contributed by atoms with Crippen LogP contribution in [0.2, 0.25) is 0 Å². The van der Waals surface area contributed by atoms with E-state index in [9.17, 15) is 58.5 Å². The minimum Gasteiger partial charge on any atom is -0.508 e. The van der Waals surface area contributed by atoms with Crippen LogP contribution < -0.4 is 37.6 Å². The van der Waals surface area contributed by atoms with Crippen LogP contribution in [0.5, 0.6) is 5.75 Å². The van der Waals surface area contributed by atoms with Crippen LogP contribution in [0.25, 0.3) is 0 Å². The van der Waals surface area contributed by atoms with E-state index in [0.29, 0.717) is 12.0 Å². The molecule has 1 aromatic carbocycles. The van der Waals surface area contributed by atoms with Crippen LogP contribution in [0, 0.1) is 5.92 Å². The van der Waals surface area contributed by atoms with Gasteiger partial charge in [-0.1, -0.05) is 32.4 Å². The Morgan fingerprint density at radius 2 is 1.15 bits per heavy atom. The molecular weight excluding hydrogens is 730 g/mol. The largest absolute Gasteiger partial charge is 0.508 e. The van der Waals surface area contributed by atoms with Gasteiger partial charge in [0.1, 0.15) is 42.0 Å². The first-order chi connectivity index (χ1) is 25.6. The van der Waals surface area contributed by atoms with Crippen LogP contribution in [0.1, 0.15) is 65.9 Å². The van der Waals surface area contributed by atoms with Crippen molar-refractivity contribution in [3.05, 3.63) is 29.8 Å². The average molecular weight is 782 g/mol.